The average Bonchev–Trinajstić information content (AvgIpc) is 2.22. The van der Waals surface area contributed by atoms with Gasteiger partial charge in [-0.15, -0.1) is 0 Å². The number of carbonyl (C=O) groups excluding carboxylic acids is 1. The molecule has 0 spiro atoms. The summed E-state index contributed by atoms with van der Waals surface area (Å²) in [5, 5.41) is 3.07. The molecule has 86 valence electrons. The van der Waals surface area contributed by atoms with E-state index >= 15 is 0 Å². The Morgan fingerprint density at radius 3 is 2.75 bits per heavy atom. The zero-order chi connectivity index (χ0) is 11.6. The quantitative estimate of drug-likeness (QED) is 0.799. The van der Waals surface area contributed by atoms with E-state index in [1.807, 2.05) is 0 Å². The minimum Gasteiger partial charge on any atom is -0.467 e. The molecule has 0 aromatic heterocycles. The maximum Gasteiger partial charge on any atom is 0.331 e. The molecule has 1 aliphatic carbocycles. The Bertz CT molecular complexity index is 402. The fourth-order valence-electron chi connectivity index (χ4n) is 1.95. The molecular formula is C12H14FNO2. The number of hydrogen-bond acceptors (Lipinski definition) is 3. The Hall–Kier alpha value is -1.58. The molecule has 1 aromatic carbocycles. The maximum atomic E-state index is 13.0. The average molecular weight is 223 g/mol. The van der Waals surface area contributed by atoms with Gasteiger partial charge in [0.25, 0.3) is 0 Å². The zero-order valence-corrected chi connectivity index (χ0v) is 9.13. The van der Waals surface area contributed by atoms with Crippen LogP contribution in [-0.2, 0) is 9.53 Å². The van der Waals surface area contributed by atoms with Gasteiger partial charge in [0, 0.05) is 5.69 Å². The minimum absolute atomic E-state index is 0.275. The van der Waals surface area contributed by atoms with Gasteiger partial charge in [0.2, 0.25) is 0 Å². The molecule has 0 radical (unpaired) electrons. The highest BCUT2D eigenvalue weighted by molar-refractivity contribution is 5.85. The molecule has 1 fully saturated rings. The molecule has 0 saturated heterocycles. The molecule has 0 heterocycles. The molecule has 0 aliphatic heterocycles. The van der Waals surface area contributed by atoms with E-state index in [1.165, 1.54) is 19.2 Å². The minimum atomic E-state index is -0.650. The van der Waals surface area contributed by atoms with Crippen LogP contribution in [0.3, 0.4) is 0 Å². The van der Waals surface area contributed by atoms with Crippen molar-refractivity contribution in [2.75, 3.05) is 12.4 Å². The van der Waals surface area contributed by atoms with Crippen molar-refractivity contribution in [2.24, 2.45) is 0 Å². The van der Waals surface area contributed by atoms with Crippen molar-refractivity contribution in [3.05, 3.63) is 30.1 Å². The lowest BCUT2D eigenvalue weighted by Crippen LogP contribution is -2.52. The van der Waals surface area contributed by atoms with Crippen molar-refractivity contribution in [1.82, 2.24) is 0 Å². The standard InChI is InChI=1S/C12H14FNO2/c1-16-11(15)12(6-3-7-12)14-10-5-2-4-9(13)8-10/h2,4-5,8,14H,3,6-7H2,1H3. The number of halogens is 1. The zero-order valence-electron chi connectivity index (χ0n) is 9.13. The summed E-state index contributed by atoms with van der Waals surface area (Å²) in [5.41, 5.74) is -0.0344. The van der Waals surface area contributed by atoms with Crippen molar-refractivity contribution in [2.45, 2.75) is 24.8 Å². The second-order valence-corrected chi connectivity index (χ2v) is 4.06. The number of nitrogens with one attached hydrogen (secondary N) is 1. The second-order valence-electron chi connectivity index (χ2n) is 4.06. The van der Waals surface area contributed by atoms with Crippen LogP contribution in [0.15, 0.2) is 24.3 Å². The number of benzene rings is 1. The molecule has 1 N–H and O–H groups in total. The van der Waals surface area contributed by atoms with E-state index in [4.69, 9.17) is 4.74 Å². The summed E-state index contributed by atoms with van der Waals surface area (Å²) in [6.07, 6.45) is 2.45. The molecule has 1 saturated carbocycles. The summed E-state index contributed by atoms with van der Waals surface area (Å²) in [5.74, 6) is -0.590. The smallest absolute Gasteiger partial charge is 0.331 e. The first-order chi connectivity index (χ1) is 7.66. The van der Waals surface area contributed by atoms with Crippen molar-refractivity contribution in [3.8, 4) is 0 Å². The van der Waals surface area contributed by atoms with Crippen LogP contribution in [0, 0.1) is 5.82 Å². The van der Waals surface area contributed by atoms with E-state index in [2.05, 4.69) is 5.32 Å². The Kier molecular flexibility index (Phi) is 2.81. The SMILES string of the molecule is COC(=O)C1(Nc2cccc(F)c2)CCC1. The first-order valence-electron chi connectivity index (χ1n) is 5.28. The van der Waals surface area contributed by atoms with E-state index in [9.17, 15) is 9.18 Å². The lowest BCUT2D eigenvalue weighted by atomic mass is 9.76. The summed E-state index contributed by atoms with van der Waals surface area (Å²) in [6.45, 7) is 0. The number of hydrogen-bond donors (Lipinski definition) is 1. The first-order valence-corrected chi connectivity index (χ1v) is 5.28. The van der Waals surface area contributed by atoms with Gasteiger partial charge in [-0.05, 0) is 37.5 Å². The van der Waals surface area contributed by atoms with Crippen LogP contribution < -0.4 is 5.32 Å². The highest BCUT2D eigenvalue weighted by Gasteiger charge is 2.45. The summed E-state index contributed by atoms with van der Waals surface area (Å²) >= 11 is 0. The van der Waals surface area contributed by atoms with Crippen LogP contribution in [0.5, 0.6) is 0 Å². The van der Waals surface area contributed by atoms with Crippen molar-refractivity contribution >= 4 is 11.7 Å². The van der Waals surface area contributed by atoms with Gasteiger partial charge in [-0.25, -0.2) is 9.18 Å². The number of carbonyl (C=O) groups is 1. The predicted molar refractivity (Wildman–Crippen MR) is 58.6 cm³/mol. The molecule has 1 aromatic rings. The van der Waals surface area contributed by atoms with Crippen LogP contribution in [0.4, 0.5) is 10.1 Å². The van der Waals surface area contributed by atoms with Gasteiger partial charge in [0.05, 0.1) is 7.11 Å². The number of anilines is 1. The molecule has 3 nitrogen and oxygen atoms in total. The fraction of sp³-hybridized carbons (Fsp3) is 0.417. The van der Waals surface area contributed by atoms with Gasteiger partial charge >= 0.3 is 5.97 Å². The van der Waals surface area contributed by atoms with E-state index in [0.29, 0.717) is 5.69 Å². The molecule has 0 bridgehead atoms. The van der Waals surface area contributed by atoms with Gasteiger partial charge in [-0.2, -0.15) is 0 Å². The number of methoxy groups -OCH3 is 1. The monoisotopic (exact) mass is 223 g/mol. The highest BCUT2D eigenvalue weighted by Crippen LogP contribution is 2.36. The van der Waals surface area contributed by atoms with Gasteiger partial charge in [-0.3, -0.25) is 0 Å². The Balaban J connectivity index is 2.16. The molecule has 2 rings (SSSR count). The lowest BCUT2D eigenvalue weighted by Gasteiger charge is -2.40. The first kappa shape index (κ1) is 10.9. The Morgan fingerprint density at radius 1 is 1.50 bits per heavy atom. The summed E-state index contributed by atoms with van der Waals surface area (Å²) in [7, 11) is 1.37. The van der Waals surface area contributed by atoms with E-state index < -0.39 is 5.54 Å². The summed E-state index contributed by atoms with van der Waals surface area (Å²) in [6, 6.07) is 6.10. The van der Waals surface area contributed by atoms with Gasteiger partial charge in [0.15, 0.2) is 0 Å². The van der Waals surface area contributed by atoms with Crippen LogP contribution in [0.2, 0.25) is 0 Å². The lowest BCUT2D eigenvalue weighted by molar-refractivity contribution is -0.149. The topological polar surface area (TPSA) is 38.3 Å². The summed E-state index contributed by atoms with van der Waals surface area (Å²) < 4.78 is 17.8. The van der Waals surface area contributed by atoms with Crippen LogP contribution >= 0.6 is 0 Å². The molecule has 0 amide bonds. The predicted octanol–water partition coefficient (Wildman–Crippen LogP) is 2.33. The second kappa shape index (κ2) is 4.12. The van der Waals surface area contributed by atoms with Gasteiger partial charge in [-0.1, -0.05) is 6.07 Å². The third kappa shape index (κ3) is 1.87. The molecule has 0 unspecified atom stereocenters. The summed E-state index contributed by atoms with van der Waals surface area (Å²) in [4.78, 5) is 11.6. The third-order valence-corrected chi connectivity index (χ3v) is 2.99. The van der Waals surface area contributed by atoms with Crippen molar-refractivity contribution in [3.63, 3.8) is 0 Å². The number of ether oxygens (including phenoxy) is 1. The van der Waals surface area contributed by atoms with E-state index in [-0.39, 0.29) is 11.8 Å². The Labute approximate surface area is 93.6 Å². The molecule has 1 aliphatic rings. The van der Waals surface area contributed by atoms with Crippen LogP contribution in [0.1, 0.15) is 19.3 Å². The van der Waals surface area contributed by atoms with Crippen LogP contribution in [0.25, 0.3) is 0 Å². The van der Waals surface area contributed by atoms with E-state index in [1.54, 1.807) is 12.1 Å². The number of rotatable bonds is 3. The van der Waals surface area contributed by atoms with Gasteiger partial charge < -0.3 is 10.1 Å². The van der Waals surface area contributed by atoms with Crippen molar-refractivity contribution < 1.29 is 13.9 Å². The molecule has 16 heavy (non-hydrogen) atoms. The fourth-order valence-corrected chi connectivity index (χ4v) is 1.95. The van der Waals surface area contributed by atoms with Crippen molar-refractivity contribution in [1.29, 1.82) is 0 Å². The highest BCUT2D eigenvalue weighted by atomic mass is 19.1. The largest absolute Gasteiger partial charge is 0.467 e. The molecule has 0 atom stereocenters. The Morgan fingerprint density at radius 2 is 2.25 bits per heavy atom. The number of esters is 1. The molecule has 4 heteroatoms. The van der Waals surface area contributed by atoms with Gasteiger partial charge in [0.1, 0.15) is 11.4 Å². The maximum absolute atomic E-state index is 13.0. The molecular weight excluding hydrogens is 209 g/mol. The normalized spacial score (nSPS) is 17.4. The van der Waals surface area contributed by atoms with E-state index in [0.717, 1.165) is 19.3 Å². The van der Waals surface area contributed by atoms with Crippen LogP contribution in [-0.4, -0.2) is 18.6 Å². The third-order valence-electron chi connectivity index (χ3n) is 2.99.